The van der Waals surface area contributed by atoms with E-state index in [9.17, 15) is 9.59 Å². The number of amides is 1. The zero-order valence-electron chi connectivity index (χ0n) is 14.9. The minimum absolute atomic E-state index is 0.0192. The van der Waals surface area contributed by atoms with E-state index in [0.717, 1.165) is 0 Å². The highest BCUT2D eigenvalue weighted by atomic mass is 35.5. The molecule has 0 radical (unpaired) electrons. The molecule has 29 heavy (non-hydrogen) atoms. The van der Waals surface area contributed by atoms with Crippen molar-refractivity contribution < 1.29 is 19.4 Å². The van der Waals surface area contributed by atoms with E-state index in [2.05, 4.69) is 0 Å². The predicted octanol–water partition coefficient (Wildman–Crippen LogP) is 5.85. The number of halogens is 2. The average Bonchev–Trinajstić information content (AvgIpc) is 2.92. The number of ether oxygens (including phenoxy) is 1. The number of carbonyl (C=O) groups is 2. The Morgan fingerprint density at radius 3 is 2.69 bits per heavy atom. The van der Waals surface area contributed by atoms with E-state index in [1.807, 2.05) is 18.2 Å². The first-order chi connectivity index (χ1) is 13.8. The van der Waals surface area contributed by atoms with Gasteiger partial charge in [0.05, 0.1) is 9.93 Å². The SMILES string of the molecule is O=C(O)CCCN1C(=O)/C(=C/c2ccccc2Oc2ccc(Cl)cc2Cl)SC1=S. The number of aliphatic carboxylic acids is 1. The van der Waals surface area contributed by atoms with Crippen LogP contribution in [0.2, 0.25) is 10.0 Å². The standard InChI is InChI=1S/C20H15Cl2NO4S2/c21-13-7-8-16(14(22)11-13)27-15-5-2-1-4-12(15)10-17-19(26)23(20(28)29-17)9-3-6-18(24)25/h1-2,4-5,7-8,10-11H,3,6,9H2,(H,24,25)/b17-10-. The van der Waals surface area contributed by atoms with E-state index < -0.39 is 5.97 Å². The molecular formula is C20H15Cl2NO4S2. The lowest BCUT2D eigenvalue weighted by Crippen LogP contribution is -2.29. The summed E-state index contributed by atoms with van der Waals surface area (Å²) in [6.45, 7) is 0.271. The van der Waals surface area contributed by atoms with Gasteiger partial charge in [0, 0.05) is 23.6 Å². The van der Waals surface area contributed by atoms with Crippen molar-refractivity contribution >= 4 is 69.5 Å². The van der Waals surface area contributed by atoms with Gasteiger partial charge in [-0.05, 0) is 36.8 Å². The zero-order chi connectivity index (χ0) is 21.0. The molecule has 1 aliphatic rings. The fraction of sp³-hybridized carbons (Fsp3) is 0.150. The van der Waals surface area contributed by atoms with E-state index >= 15 is 0 Å². The number of carbonyl (C=O) groups excluding carboxylic acids is 1. The van der Waals surface area contributed by atoms with Gasteiger partial charge in [0.15, 0.2) is 0 Å². The van der Waals surface area contributed by atoms with Gasteiger partial charge in [-0.25, -0.2) is 0 Å². The van der Waals surface area contributed by atoms with E-state index in [1.54, 1.807) is 30.3 Å². The van der Waals surface area contributed by atoms with Crippen LogP contribution >= 0.6 is 47.2 Å². The van der Waals surface area contributed by atoms with Crippen LogP contribution in [0.1, 0.15) is 18.4 Å². The fourth-order valence-corrected chi connectivity index (χ4v) is 4.34. The third kappa shape index (κ3) is 5.51. The maximum absolute atomic E-state index is 12.7. The first kappa shape index (κ1) is 21.6. The molecular weight excluding hydrogens is 453 g/mol. The molecule has 1 N–H and O–H groups in total. The molecule has 3 rings (SSSR count). The summed E-state index contributed by atoms with van der Waals surface area (Å²) >= 11 is 18.6. The van der Waals surface area contributed by atoms with Gasteiger partial charge in [-0.2, -0.15) is 0 Å². The van der Waals surface area contributed by atoms with Gasteiger partial charge in [-0.3, -0.25) is 14.5 Å². The maximum atomic E-state index is 12.7. The quantitative estimate of drug-likeness (QED) is 0.406. The molecule has 1 fully saturated rings. The summed E-state index contributed by atoms with van der Waals surface area (Å²) in [6.07, 6.45) is 2.02. The number of hydrogen-bond donors (Lipinski definition) is 1. The summed E-state index contributed by atoms with van der Waals surface area (Å²) in [7, 11) is 0. The molecule has 0 atom stereocenters. The molecule has 2 aromatic carbocycles. The lowest BCUT2D eigenvalue weighted by molar-refractivity contribution is -0.137. The van der Waals surface area contributed by atoms with Gasteiger partial charge in [0.1, 0.15) is 15.8 Å². The maximum Gasteiger partial charge on any atom is 0.303 e. The summed E-state index contributed by atoms with van der Waals surface area (Å²) in [5.74, 6) is -0.186. The van der Waals surface area contributed by atoms with Crippen LogP contribution in [0, 0.1) is 0 Å². The Kier molecular flexibility index (Phi) is 7.18. The Morgan fingerprint density at radius 1 is 1.21 bits per heavy atom. The minimum atomic E-state index is -0.905. The van der Waals surface area contributed by atoms with Crippen molar-refractivity contribution in [3.05, 3.63) is 63.0 Å². The van der Waals surface area contributed by atoms with Crippen LogP contribution < -0.4 is 4.74 Å². The van der Waals surface area contributed by atoms with Crippen molar-refractivity contribution in [2.75, 3.05) is 6.54 Å². The average molecular weight is 468 g/mol. The Balaban J connectivity index is 1.81. The number of benzene rings is 2. The number of thiocarbonyl (C=S) groups is 1. The Hall–Kier alpha value is -2.06. The number of thioether (sulfide) groups is 1. The van der Waals surface area contributed by atoms with E-state index in [1.165, 1.54) is 16.7 Å². The lowest BCUT2D eigenvalue weighted by Gasteiger charge is -2.13. The highest BCUT2D eigenvalue weighted by Crippen LogP contribution is 2.37. The largest absolute Gasteiger partial charge is 0.481 e. The molecule has 1 amide bonds. The van der Waals surface area contributed by atoms with Crippen LogP contribution in [0.25, 0.3) is 6.08 Å². The summed E-state index contributed by atoms with van der Waals surface area (Å²) in [5.41, 5.74) is 0.685. The molecule has 0 bridgehead atoms. The monoisotopic (exact) mass is 467 g/mol. The van der Waals surface area contributed by atoms with Crippen molar-refractivity contribution in [1.82, 2.24) is 4.90 Å². The molecule has 1 saturated heterocycles. The zero-order valence-corrected chi connectivity index (χ0v) is 18.1. The Morgan fingerprint density at radius 2 is 1.97 bits per heavy atom. The van der Waals surface area contributed by atoms with Crippen LogP contribution in [-0.4, -0.2) is 32.7 Å². The van der Waals surface area contributed by atoms with Gasteiger partial charge in [0.25, 0.3) is 5.91 Å². The fourth-order valence-electron chi connectivity index (χ4n) is 2.59. The molecule has 150 valence electrons. The molecule has 5 nitrogen and oxygen atoms in total. The first-order valence-electron chi connectivity index (χ1n) is 8.54. The topological polar surface area (TPSA) is 66.8 Å². The minimum Gasteiger partial charge on any atom is -0.481 e. The Labute approximate surface area is 187 Å². The lowest BCUT2D eigenvalue weighted by atomic mass is 10.2. The molecule has 0 aliphatic carbocycles. The Bertz CT molecular complexity index is 1010. The number of rotatable bonds is 7. The molecule has 0 aromatic heterocycles. The molecule has 0 saturated carbocycles. The second-order valence-electron chi connectivity index (χ2n) is 6.05. The molecule has 2 aromatic rings. The predicted molar refractivity (Wildman–Crippen MR) is 120 cm³/mol. The molecule has 1 aliphatic heterocycles. The van der Waals surface area contributed by atoms with Gasteiger partial charge in [0.2, 0.25) is 0 Å². The first-order valence-corrected chi connectivity index (χ1v) is 10.5. The highest BCUT2D eigenvalue weighted by Gasteiger charge is 2.31. The van der Waals surface area contributed by atoms with Crippen molar-refractivity contribution in [2.45, 2.75) is 12.8 Å². The number of hydrogen-bond acceptors (Lipinski definition) is 5. The third-order valence-electron chi connectivity index (χ3n) is 3.97. The van der Waals surface area contributed by atoms with Crippen LogP contribution in [0.5, 0.6) is 11.5 Å². The molecule has 0 unspecified atom stereocenters. The van der Waals surface area contributed by atoms with Gasteiger partial charge < -0.3 is 9.84 Å². The smallest absolute Gasteiger partial charge is 0.303 e. The summed E-state index contributed by atoms with van der Waals surface area (Å²) in [6, 6.07) is 12.2. The van der Waals surface area contributed by atoms with Crippen molar-refractivity contribution in [1.29, 1.82) is 0 Å². The van der Waals surface area contributed by atoms with E-state index in [0.29, 0.717) is 42.8 Å². The van der Waals surface area contributed by atoms with Crippen LogP contribution in [-0.2, 0) is 9.59 Å². The van der Waals surface area contributed by atoms with Crippen LogP contribution in [0.3, 0.4) is 0 Å². The van der Waals surface area contributed by atoms with Crippen molar-refractivity contribution in [3.63, 3.8) is 0 Å². The summed E-state index contributed by atoms with van der Waals surface area (Å²) in [4.78, 5) is 25.2. The van der Waals surface area contributed by atoms with Gasteiger partial charge in [-0.15, -0.1) is 0 Å². The van der Waals surface area contributed by atoms with Gasteiger partial charge in [-0.1, -0.05) is 65.4 Å². The normalized spacial score (nSPS) is 15.2. The van der Waals surface area contributed by atoms with E-state index in [-0.39, 0.29) is 18.9 Å². The summed E-state index contributed by atoms with van der Waals surface area (Å²) in [5, 5.41) is 9.64. The molecule has 0 spiro atoms. The van der Waals surface area contributed by atoms with Crippen LogP contribution in [0.4, 0.5) is 0 Å². The second kappa shape index (κ2) is 9.63. The number of carboxylic acids is 1. The van der Waals surface area contributed by atoms with Gasteiger partial charge >= 0.3 is 5.97 Å². The summed E-state index contributed by atoms with van der Waals surface area (Å²) < 4.78 is 6.33. The number of nitrogens with zero attached hydrogens (tertiary/aromatic N) is 1. The van der Waals surface area contributed by atoms with Crippen molar-refractivity contribution in [3.8, 4) is 11.5 Å². The van der Waals surface area contributed by atoms with E-state index in [4.69, 9.17) is 45.3 Å². The van der Waals surface area contributed by atoms with Crippen LogP contribution in [0.15, 0.2) is 47.4 Å². The number of carboxylic acid groups (broad SMARTS) is 1. The number of para-hydroxylation sites is 1. The second-order valence-corrected chi connectivity index (χ2v) is 8.56. The highest BCUT2D eigenvalue weighted by molar-refractivity contribution is 8.26. The molecule has 1 heterocycles. The van der Waals surface area contributed by atoms with Crippen molar-refractivity contribution in [2.24, 2.45) is 0 Å². The molecule has 9 heteroatoms. The third-order valence-corrected chi connectivity index (χ3v) is 5.87.